The molecule has 0 saturated carbocycles. The van der Waals surface area contributed by atoms with Gasteiger partial charge in [0.2, 0.25) is 0 Å². The standard InChI is InChI=1S/C25H27NO5/c1-25(2,3)31-24(28)20-11-10-16(13-22(20)29-4)12-21-19-9-7-6-8-18(19)17(15-26-21)14-23(27)30-5/h6-11,13,15H,12,14H2,1-5H3. The molecule has 0 atom stereocenters. The summed E-state index contributed by atoms with van der Waals surface area (Å²) in [7, 11) is 2.91. The lowest BCUT2D eigenvalue weighted by Crippen LogP contribution is -2.24. The summed E-state index contributed by atoms with van der Waals surface area (Å²) in [6.45, 7) is 5.48. The van der Waals surface area contributed by atoms with Crippen LogP contribution in [0.25, 0.3) is 10.8 Å². The molecule has 31 heavy (non-hydrogen) atoms. The van der Waals surface area contributed by atoms with E-state index >= 15 is 0 Å². The zero-order valence-corrected chi connectivity index (χ0v) is 18.5. The number of carbonyl (C=O) groups excluding carboxylic acids is 2. The molecule has 162 valence electrons. The average molecular weight is 421 g/mol. The van der Waals surface area contributed by atoms with Crippen molar-refractivity contribution in [3.8, 4) is 5.75 Å². The van der Waals surface area contributed by atoms with Gasteiger partial charge in [-0.1, -0.05) is 30.3 Å². The SMILES string of the molecule is COC(=O)Cc1cnc(Cc2ccc(C(=O)OC(C)(C)C)c(OC)c2)c2ccccc12. The van der Waals surface area contributed by atoms with Crippen molar-refractivity contribution in [1.82, 2.24) is 4.98 Å². The van der Waals surface area contributed by atoms with E-state index in [4.69, 9.17) is 14.2 Å². The smallest absolute Gasteiger partial charge is 0.342 e. The molecule has 0 bridgehead atoms. The van der Waals surface area contributed by atoms with Gasteiger partial charge in [0.05, 0.1) is 26.3 Å². The van der Waals surface area contributed by atoms with E-state index in [1.54, 1.807) is 12.3 Å². The van der Waals surface area contributed by atoms with Gasteiger partial charge in [0.1, 0.15) is 16.9 Å². The second kappa shape index (κ2) is 9.16. The van der Waals surface area contributed by atoms with Gasteiger partial charge in [-0.05, 0) is 49.4 Å². The molecule has 0 saturated heterocycles. The Morgan fingerprint density at radius 3 is 2.35 bits per heavy atom. The van der Waals surface area contributed by atoms with E-state index in [0.29, 0.717) is 17.7 Å². The largest absolute Gasteiger partial charge is 0.496 e. The van der Waals surface area contributed by atoms with Gasteiger partial charge in [0, 0.05) is 18.0 Å². The van der Waals surface area contributed by atoms with Crippen LogP contribution in [0.4, 0.5) is 0 Å². The minimum absolute atomic E-state index is 0.169. The number of methoxy groups -OCH3 is 2. The van der Waals surface area contributed by atoms with Crippen molar-refractivity contribution in [2.45, 2.75) is 39.2 Å². The maximum atomic E-state index is 12.5. The van der Waals surface area contributed by atoms with Crippen molar-refractivity contribution in [3.05, 3.63) is 71.0 Å². The van der Waals surface area contributed by atoms with Crippen molar-refractivity contribution in [1.29, 1.82) is 0 Å². The average Bonchev–Trinajstić information content (AvgIpc) is 2.74. The van der Waals surface area contributed by atoms with Crippen LogP contribution in [0.15, 0.2) is 48.7 Å². The first-order valence-corrected chi connectivity index (χ1v) is 10.0. The third-order valence-corrected chi connectivity index (χ3v) is 4.78. The summed E-state index contributed by atoms with van der Waals surface area (Å²) in [6.07, 6.45) is 2.44. The van der Waals surface area contributed by atoms with Crippen LogP contribution in [-0.2, 0) is 27.1 Å². The first-order chi connectivity index (χ1) is 14.7. The van der Waals surface area contributed by atoms with E-state index in [0.717, 1.165) is 27.6 Å². The molecule has 0 N–H and O–H groups in total. The highest BCUT2D eigenvalue weighted by Gasteiger charge is 2.21. The zero-order chi connectivity index (χ0) is 22.6. The molecule has 0 aliphatic rings. The number of nitrogens with zero attached hydrogens (tertiary/aromatic N) is 1. The molecule has 0 aliphatic carbocycles. The second-order valence-corrected chi connectivity index (χ2v) is 8.24. The molecule has 6 heteroatoms. The number of rotatable bonds is 6. The van der Waals surface area contributed by atoms with Crippen LogP contribution < -0.4 is 4.74 Å². The van der Waals surface area contributed by atoms with E-state index in [9.17, 15) is 9.59 Å². The summed E-state index contributed by atoms with van der Waals surface area (Å²) in [6, 6.07) is 13.3. The quantitative estimate of drug-likeness (QED) is 0.546. The van der Waals surface area contributed by atoms with Crippen LogP contribution in [0.3, 0.4) is 0 Å². The van der Waals surface area contributed by atoms with E-state index < -0.39 is 11.6 Å². The summed E-state index contributed by atoms with van der Waals surface area (Å²) in [5, 5.41) is 1.94. The number of benzene rings is 2. The summed E-state index contributed by atoms with van der Waals surface area (Å²) in [4.78, 5) is 28.8. The molecule has 0 amide bonds. The number of hydrogen-bond donors (Lipinski definition) is 0. The predicted molar refractivity (Wildman–Crippen MR) is 118 cm³/mol. The lowest BCUT2D eigenvalue weighted by atomic mass is 9.98. The van der Waals surface area contributed by atoms with E-state index in [2.05, 4.69) is 4.98 Å². The second-order valence-electron chi connectivity index (χ2n) is 8.24. The Balaban J connectivity index is 1.93. The number of aromatic nitrogens is 1. The Hall–Kier alpha value is -3.41. The molecule has 1 heterocycles. The first kappa shape index (κ1) is 22.3. The summed E-state index contributed by atoms with van der Waals surface area (Å²) >= 11 is 0. The first-order valence-electron chi connectivity index (χ1n) is 10.0. The van der Waals surface area contributed by atoms with Crippen molar-refractivity contribution < 1.29 is 23.8 Å². The monoisotopic (exact) mass is 421 g/mol. The lowest BCUT2D eigenvalue weighted by Gasteiger charge is -2.20. The topological polar surface area (TPSA) is 74.7 Å². The Morgan fingerprint density at radius 2 is 1.71 bits per heavy atom. The van der Waals surface area contributed by atoms with Gasteiger partial charge in [-0.3, -0.25) is 9.78 Å². The molecule has 2 aromatic carbocycles. The molecule has 0 spiro atoms. The minimum atomic E-state index is -0.588. The van der Waals surface area contributed by atoms with E-state index in [1.807, 2.05) is 57.2 Å². The van der Waals surface area contributed by atoms with Gasteiger partial charge in [0.15, 0.2) is 0 Å². The van der Waals surface area contributed by atoms with Crippen LogP contribution in [0, 0.1) is 0 Å². The highest BCUT2D eigenvalue weighted by Crippen LogP contribution is 2.27. The lowest BCUT2D eigenvalue weighted by molar-refractivity contribution is -0.139. The Kier molecular flexibility index (Phi) is 6.59. The fourth-order valence-corrected chi connectivity index (χ4v) is 3.36. The highest BCUT2D eigenvalue weighted by atomic mass is 16.6. The zero-order valence-electron chi connectivity index (χ0n) is 18.5. The van der Waals surface area contributed by atoms with E-state index in [-0.39, 0.29) is 12.4 Å². The van der Waals surface area contributed by atoms with Crippen LogP contribution in [0.5, 0.6) is 5.75 Å². The molecule has 3 aromatic rings. The van der Waals surface area contributed by atoms with Crippen molar-refractivity contribution in [2.75, 3.05) is 14.2 Å². The molecule has 3 rings (SSSR count). The predicted octanol–water partition coefficient (Wildman–Crippen LogP) is 4.51. The normalized spacial score (nSPS) is 11.3. The summed E-state index contributed by atoms with van der Waals surface area (Å²) in [5.41, 5.74) is 2.44. The molecular formula is C25H27NO5. The van der Waals surface area contributed by atoms with Crippen LogP contribution in [0.1, 0.15) is 48.0 Å². The van der Waals surface area contributed by atoms with Crippen molar-refractivity contribution in [3.63, 3.8) is 0 Å². The van der Waals surface area contributed by atoms with Gasteiger partial charge < -0.3 is 14.2 Å². The van der Waals surface area contributed by atoms with Crippen LogP contribution in [0.2, 0.25) is 0 Å². The van der Waals surface area contributed by atoms with Gasteiger partial charge in [-0.15, -0.1) is 0 Å². The molecule has 0 unspecified atom stereocenters. The highest BCUT2D eigenvalue weighted by molar-refractivity contribution is 5.93. The number of esters is 2. The number of ether oxygens (including phenoxy) is 3. The molecule has 6 nitrogen and oxygen atoms in total. The van der Waals surface area contributed by atoms with Gasteiger partial charge in [0.25, 0.3) is 0 Å². The summed E-state index contributed by atoms with van der Waals surface area (Å²) < 4.78 is 15.7. The van der Waals surface area contributed by atoms with E-state index in [1.165, 1.54) is 14.2 Å². The molecule has 0 fully saturated rings. The van der Waals surface area contributed by atoms with Gasteiger partial charge >= 0.3 is 11.9 Å². The van der Waals surface area contributed by atoms with Gasteiger partial charge in [-0.25, -0.2) is 4.79 Å². The number of hydrogen-bond acceptors (Lipinski definition) is 6. The fraction of sp³-hybridized carbons (Fsp3) is 0.320. The van der Waals surface area contributed by atoms with Crippen molar-refractivity contribution >= 4 is 22.7 Å². The maximum absolute atomic E-state index is 12.5. The Morgan fingerprint density at radius 1 is 1.00 bits per heavy atom. The van der Waals surface area contributed by atoms with Crippen LogP contribution >= 0.6 is 0 Å². The maximum Gasteiger partial charge on any atom is 0.342 e. The number of pyridine rings is 1. The molecule has 1 aromatic heterocycles. The minimum Gasteiger partial charge on any atom is -0.496 e. The Labute approximate surface area is 182 Å². The van der Waals surface area contributed by atoms with Gasteiger partial charge in [-0.2, -0.15) is 0 Å². The van der Waals surface area contributed by atoms with Crippen molar-refractivity contribution in [2.24, 2.45) is 0 Å². The number of fused-ring (bicyclic) bond motifs is 1. The van der Waals surface area contributed by atoms with Crippen LogP contribution in [-0.4, -0.2) is 36.7 Å². The third-order valence-electron chi connectivity index (χ3n) is 4.78. The Bertz CT molecular complexity index is 1110. The summed E-state index contributed by atoms with van der Waals surface area (Å²) in [5.74, 6) is -0.271. The fourth-order valence-electron chi connectivity index (χ4n) is 3.36. The number of carbonyl (C=O) groups is 2. The molecule has 0 radical (unpaired) electrons. The molecular weight excluding hydrogens is 394 g/mol. The molecule has 0 aliphatic heterocycles. The third kappa shape index (κ3) is 5.40.